The highest BCUT2D eigenvalue weighted by Gasteiger charge is 2.19. The molecule has 0 aliphatic rings. The first-order chi connectivity index (χ1) is 8.84. The topological polar surface area (TPSA) is 116 Å². The van der Waals surface area contributed by atoms with E-state index in [2.05, 4.69) is 10.4 Å². The lowest BCUT2D eigenvalue weighted by atomic mass is 10.3. The number of aryl methyl sites for hydroxylation is 1. The Hall–Kier alpha value is -1.45. The zero-order chi connectivity index (χ0) is 14.5. The van der Waals surface area contributed by atoms with E-state index < -0.39 is 10.0 Å². The first-order valence-electron chi connectivity index (χ1n) is 5.78. The van der Waals surface area contributed by atoms with Crippen LogP contribution in [0.25, 0.3) is 0 Å². The number of sulfonamides is 1. The molecule has 8 nitrogen and oxygen atoms in total. The molecular formula is C10H18N4O4S. The quantitative estimate of drug-likeness (QED) is 0.676. The number of nitrogens with one attached hydrogen (secondary N) is 1. The van der Waals surface area contributed by atoms with Gasteiger partial charge < -0.3 is 10.1 Å². The largest absolute Gasteiger partial charge is 0.382 e. The fourth-order valence-electron chi connectivity index (χ4n) is 1.44. The third-order valence-corrected chi connectivity index (χ3v) is 3.17. The molecule has 108 valence electrons. The molecule has 0 unspecified atom stereocenters. The lowest BCUT2D eigenvalue weighted by molar-refractivity contribution is -0.116. The van der Waals surface area contributed by atoms with Gasteiger partial charge in [-0.1, -0.05) is 0 Å². The monoisotopic (exact) mass is 290 g/mol. The minimum absolute atomic E-state index is 0.0496. The Morgan fingerprint density at radius 2 is 2.26 bits per heavy atom. The zero-order valence-corrected chi connectivity index (χ0v) is 11.7. The summed E-state index contributed by atoms with van der Waals surface area (Å²) >= 11 is 0. The van der Waals surface area contributed by atoms with E-state index in [4.69, 9.17) is 9.88 Å². The van der Waals surface area contributed by atoms with E-state index >= 15 is 0 Å². The van der Waals surface area contributed by atoms with Crippen molar-refractivity contribution in [2.75, 3.05) is 18.5 Å². The highest BCUT2D eigenvalue weighted by atomic mass is 32.2. The van der Waals surface area contributed by atoms with Crippen molar-refractivity contribution in [2.45, 2.75) is 24.7 Å². The molecule has 0 saturated heterocycles. The highest BCUT2D eigenvalue weighted by molar-refractivity contribution is 7.89. The van der Waals surface area contributed by atoms with Gasteiger partial charge in [0.05, 0.1) is 0 Å². The number of anilines is 1. The molecule has 0 aliphatic carbocycles. The van der Waals surface area contributed by atoms with Gasteiger partial charge in [-0.15, -0.1) is 0 Å². The fraction of sp³-hybridized carbons (Fsp3) is 0.600. The van der Waals surface area contributed by atoms with Crippen LogP contribution in [0.3, 0.4) is 0 Å². The van der Waals surface area contributed by atoms with Gasteiger partial charge in [0.15, 0.2) is 5.82 Å². The number of amides is 1. The van der Waals surface area contributed by atoms with Crippen molar-refractivity contribution in [1.29, 1.82) is 0 Å². The summed E-state index contributed by atoms with van der Waals surface area (Å²) in [5.41, 5.74) is 0. The van der Waals surface area contributed by atoms with Crippen molar-refractivity contribution >= 4 is 21.7 Å². The molecule has 0 spiro atoms. The summed E-state index contributed by atoms with van der Waals surface area (Å²) in [4.78, 5) is 11.4. The number of rotatable bonds is 7. The third kappa shape index (κ3) is 4.97. The number of hydrogen-bond acceptors (Lipinski definition) is 5. The van der Waals surface area contributed by atoms with E-state index in [1.165, 1.54) is 10.9 Å². The van der Waals surface area contributed by atoms with Gasteiger partial charge in [-0.2, -0.15) is 5.10 Å². The van der Waals surface area contributed by atoms with E-state index in [9.17, 15) is 13.2 Å². The standard InChI is InChI=1S/C10H18N4O4S/c1-3-18-6-4-5-9(15)12-10-8(19(11,16)17)7-14(2)13-10/h7H,3-6H2,1-2H3,(H2,11,16,17)(H,12,13,15). The maximum absolute atomic E-state index is 11.6. The van der Waals surface area contributed by atoms with Gasteiger partial charge in [0.25, 0.3) is 0 Å². The van der Waals surface area contributed by atoms with Crippen LogP contribution in [0, 0.1) is 0 Å². The number of hydrogen-bond donors (Lipinski definition) is 2. The summed E-state index contributed by atoms with van der Waals surface area (Å²) < 4.78 is 29.0. The Morgan fingerprint density at radius 3 is 2.84 bits per heavy atom. The molecule has 0 saturated carbocycles. The van der Waals surface area contributed by atoms with Crippen LogP contribution in [0.4, 0.5) is 5.82 Å². The van der Waals surface area contributed by atoms with E-state index in [0.29, 0.717) is 19.6 Å². The lowest BCUT2D eigenvalue weighted by Gasteiger charge is -2.04. The number of primary sulfonamides is 1. The molecule has 0 radical (unpaired) electrons. The van der Waals surface area contributed by atoms with Gasteiger partial charge in [0, 0.05) is 32.9 Å². The van der Waals surface area contributed by atoms with Gasteiger partial charge in [0.2, 0.25) is 15.9 Å². The van der Waals surface area contributed by atoms with Crippen LogP contribution >= 0.6 is 0 Å². The Labute approximate surface area is 112 Å². The molecule has 9 heteroatoms. The average molecular weight is 290 g/mol. The van der Waals surface area contributed by atoms with Crippen molar-refractivity contribution in [1.82, 2.24) is 9.78 Å². The molecule has 1 aromatic heterocycles. The Kier molecular flexibility index (Phi) is 5.45. The third-order valence-electron chi connectivity index (χ3n) is 2.26. The summed E-state index contributed by atoms with van der Waals surface area (Å²) in [5, 5.41) is 11.3. The average Bonchev–Trinajstić information content (AvgIpc) is 2.65. The van der Waals surface area contributed by atoms with Crippen molar-refractivity contribution < 1.29 is 17.9 Å². The second-order valence-electron chi connectivity index (χ2n) is 3.91. The molecule has 3 N–H and O–H groups in total. The lowest BCUT2D eigenvalue weighted by Crippen LogP contribution is -2.17. The Morgan fingerprint density at radius 1 is 1.58 bits per heavy atom. The predicted molar refractivity (Wildman–Crippen MR) is 68.9 cm³/mol. The van der Waals surface area contributed by atoms with Gasteiger partial charge in [-0.25, -0.2) is 13.6 Å². The van der Waals surface area contributed by atoms with Crippen LogP contribution in [0.15, 0.2) is 11.1 Å². The van der Waals surface area contributed by atoms with Crippen LogP contribution in [-0.2, 0) is 26.6 Å². The predicted octanol–water partition coefficient (Wildman–Crippen LogP) is -0.177. The van der Waals surface area contributed by atoms with Gasteiger partial charge >= 0.3 is 0 Å². The fourth-order valence-corrected chi connectivity index (χ4v) is 2.10. The van der Waals surface area contributed by atoms with Gasteiger partial charge in [0.1, 0.15) is 4.90 Å². The summed E-state index contributed by atoms with van der Waals surface area (Å²) in [6.45, 7) is 2.94. The molecule has 0 fully saturated rings. The molecule has 1 rings (SSSR count). The number of ether oxygens (including phenoxy) is 1. The second kappa shape index (κ2) is 6.64. The zero-order valence-electron chi connectivity index (χ0n) is 10.9. The SMILES string of the molecule is CCOCCCC(=O)Nc1nn(C)cc1S(N)(=O)=O. The van der Waals surface area contributed by atoms with E-state index in [1.807, 2.05) is 6.92 Å². The molecule has 1 amide bonds. The Bertz CT molecular complexity index is 538. The number of nitrogens with zero attached hydrogens (tertiary/aromatic N) is 2. The van der Waals surface area contributed by atoms with Crippen molar-refractivity contribution in [3.05, 3.63) is 6.20 Å². The van der Waals surface area contributed by atoms with Crippen molar-refractivity contribution in [2.24, 2.45) is 12.2 Å². The van der Waals surface area contributed by atoms with Gasteiger partial charge in [-0.3, -0.25) is 9.48 Å². The van der Waals surface area contributed by atoms with Crippen LogP contribution in [-0.4, -0.2) is 37.3 Å². The van der Waals surface area contributed by atoms with Gasteiger partial charge in [-0.05, 0) is 13.3 Å². The first kappa shape index (κ1) is 15.6. The molecular weight excluding hydrogens is 272 g/mol. The molecule has 0 bridgehead atoms. The van der Waals surface area contributed by atoms with E-state index in [-0.39, 0.29) is 23.0 Å². The maximum atomic E-state index is 11.6. The van der Waals surface area contributed by atoms with Crippen molar-refractivity contribution in [3.63, 3.8) is 0 Å². The van der Waals surface area contributed by atoms with E-state index in [1.54, 1.807) is 7.05 Å². The maximum Gasteiger partial charge on any atom is 0.243 e. The number of nitrogens with two attached hydrogens (primary N) is 1. The highest BCUT2D eigenvalue weighted by Crippen LogP contribution is 2.17. The van der Waals surface area contributed by atoms with Crippen LogP contribution in [0.1, 0.15) is 19.8 Å². The second-order valence-corrected chi connectivity index (χ2v) is 5.44. The summed E-state index contributed by atoms with van der Waals surface area (Å²) in [5.74, 6) is -0.380. The van der Waals surface area contributed by atoms with Crippen LogP contribution < -0.4 is 10.5 Å². The van der Waals surface area contributed by atoms with Crippen molar-refractivity contribution in [3.8, 4) is 0 Å². The number of carbonyl (C=O) groups excluding carboxylic acids is 1. The molecule has 0 atom stereocenters. The molecule has 1 aromatic rings. The van der Waals surface area contributed by atoms with Crippen LogP contribution in [0.2, 0.25) is 0 Å². The molecule has 0 aliphatic heterocycles. The normalized spacial score (nSPS) is 11.5. The number of aromatic nitrogens is 2. The molecule has 19 heavy (non-hydrogen) atoms. The van der Waals surface area contributed by atoms with Crippen LogP contribution in [0.5, 0.6) is 0 Å². The minimum atomic E-state index is -3.91. The Balaban J connectivity index is 2.64. The summed E-state index contributed by atoms with van der Waals surface area (Å²) in [6.07, 6.45) is 2.02. The molecule has 1 heterocycles. The summed E-state index contributed by atoms with van der Waals surface area (Å²) in [7, 11) is -2.37. The summed E-state index contributed by atoms with van der Waals surface area (Å²) in [6, 6.07) is 0. The first-order valence-corrected chi connectivity index (χ1v) is 7.33. The van der Waals surface area contributed by atoms with E-state index in [0.717, 1.165) is 0 Å². The smallest absolute Gasteiger partial charge is 0.243 e. The molecule has 0 aromatic carbocycles. The number of carbonyl (C=O) groups is 1. The minimum Gasteiger partial charge on any atom is -0.382 e.